The number of nitrogens with zero attached hydrogens (tertiary/aromatic N) is 2. The first-order valence-corrected chi connectivity index (χ1v) is 6.63. The van der Waals surface area contributed by atoms with Crippen molar-refractivity contribution in [3.8, 4) is 0 Å². The molecule has 0 radical (unpaired) electrons. The van der Waals surface area contributed by atoms with Crippen LogP contribution in [0.1, 0.15) is 13.8 Å². The number of aliphatic carboxylic acids is 1. The molecule has 1 amide bonds. The highest BCUT2D eigenvalue weighted by molar-refractivity contribution is 8.00. The number of amides is 1. The second kappa shape index (κ2) is 8.36. The summed E-state index contributed by atoms with van der Waals surface area (Å²) < 4.78 is 0. The van der Waals surface area contributed by atoms with Crippen LogP contribution in [0.25, 0.3) is 0 Å². The maximum Gasteiger partial charge on any atom is 0.323 e. The van der Waals surface area contributed by atoms with Gasteiger partial charge in [0.15, 0.2) is 0 Å². The third-order valence-electron chi connectivity index (χ3n) is 2.04. The maximum absolute atomic E-state index is 11.8. The summed E-state index contributed by atoms with van der Waals surface area (Å²) in [6.45, 7) is 4.94. The Morgan fingerprint density at radius 3 is 2.24 bits per heavy atom. The first-order valence-electron chi connectivity index (χ1n) is 5.58. The molecule has 0 fully saturated rings. The van der Waals surface area contributed by atoms with Crippen molar-refractivity contribution in [2.45, 2.75) is 19.1 Å². The first kappa shape index (κ1) is 16.2. The number of carboxylic acids is 1. The SMILES string of the molecule is CC(C)SCC(=O)N(CCN(C)C)CC(=O)O. The molecule has 0 aliphatic carbocycles. The lowest BCUT2D eigenvalue weighted by Crippen LogP contribution is -2.41. The molecule has 0 unspecified atom stereocenters. The Morgan fingerprint density at radius 2 is 1.82 bits per heavy atom. The lowest BCUT2D eigenvalue weighted by Gasteiger charge is -2.22. The van der Waals surface area contributed by atoms with E-state index in [-0.39, 0.29) is 12.5 Å². The molecule has 6 heteroatoms. The molecule has 0 aliphatic heterocycles. The third kappa shape index (κ3) is 9.00. The molecular weight excluding hydrogens is 240 g/mol. The molecule has 0 aliphatic rings. The van der Waals surface area contributed by atoms with Crippen LogP contribution in [0.5, 0.6) is 0 Å². The summed E-state index contributed by atoms with van der Waals surface area (Å²) in [5.74, 6) is -0.724. The highest BCUT2D eigenvalue weighted by atomic mass is 32.2. The minimum Gasteiger partial charge on any atom is -0.480 e. The number of hydrogen-bond acceptors (Lipinski definition) is 4. The number of hydrogen-bond donors (Lipinski definition) is 1. The van der Waals surface area contributed by atoms with Gasteiger partial charge in [-0.05, 0) is 19.3 Å². The van der Waals surface area contributed by atoms with Crippen LogP contribution in [-0.2, 0) is 9.59 Å². The van der Waals surface area contributed by atoms with Crippen molar-refractivity contribution in [1.29, 1.82) is 0 Å². The van der Waals surface area contributed by atoms with Crippen LogP contribution >= 0.6 is 11.8 Å². The Balaban J connectivity index is 4.24. The van der Waals surface area contributed by atoms with Crippen molar-refractivity contribution in [3.05, 3.63) is 0 Å². The van der Waals surface area contributed by atoms with E-state index in [4.69, 9.17) is 5.11 Å². The molecule has 5 nitrogen and oxygen atoms in total. The lowest BCUT2D eigenvalue weighted by molar-refractivity contribution is -0.143. The molecule has 0 saturated carbocycles. The summed E-state index contributed by atoms with van der Waals surface area (Å²) in [6, 6.07) is 0. The van der Waals surface area contributed by atoms with Gasteiger partial charge in [-0.2, -0.15) is 0 Å². The summed E-state index contributed by atoms with van der Waals surface area (Å²) in [7, 11) is 3.79. The van der Waals surface area contributed by atoms with Gasteiger partial charge in [0.2, 0.25) is 5.91 Å². The minimum atomic E-state index is -0.966. The minimum absolute atomic E-state index is 0.104. The molecule has 0 aromatic rings. The van der Waals surface area contributed by atoms with Crippen LogP contribution in [-0.4, -0.2) is 71.5 Å². The Kier molecular flexibility index (Phi) is 7.99. The summed E-state index contributed by atoms with van der Waals surface area (Å²) in [5, 5.41) is 9.14. The largest absolute Gasteiger partial charge is 0.480 e. The molecule has 0 heterocycles. The zero-order chi connectivity index (χ0) is 13.4. The van der Waals surface area contributed by atoms with E-state index < -0.39 is 5.97 Å². The summed E-state index contributed by atoms with van der Waals surface area (Å²) >= 11 is 1.53. The van der Waals surface area contributed by atoms with Gasteiger partial charge >= 0.3 is 5.97 Å². The fraction of sp³-hybridized carbons (Fsp3) is 0.818. The highest BCUT2D eigenvalue weighted by Gasteiger charge is 2.17. The van der Waals surface area contributed by atoms with Crippen molar-refractivity contribution < 1.29 is 14.7 Å². The fourth-order valence-corrected chi connectivity index (χ4v) is 1.76. The van der Waals surface area contributed by atoms with E-state index in [1.807, 2.05) is 32.8 Å². The molecule has 0 aromatic heterocycles. The predicted octanol–water partition coefficient (Wildman–Crippen LogP) is 0.603. The van der Waals surface area contributed by atoms with E-state index in [1.54, 1.807) is 0 Å². The number of carbonyl (C=O) groups is 2. The van der Waals surface area contributed by atoms with Gasteiger partial charge in [-0.1, -0.05) is 13.8 Å². The van der Waals surface area contributed by atoms with Crippen LogP contribution in [0.3, 0.4) is 0 Å². The second-order valence-corrected chi connectivity index (χ2v) is 5.94. The summed E-state index contributed by atoms with van der Waals surface area (Å²) in [4.78, 5) is 25.8. The first-order chi connectivity index (χ1) is 7.82. The van der Waals surface area contributed by atoms with Crippen molar-refractivity contribution in [2.24, 2.45) is 0 Å². The van der Waals surface area contributed by atoms with Crippen molar-refractivity contribution in [3.63, 3.8) is 0 Å². The van der Waals surface area contributed by atoms with Gasteiger partial charge in [-0.25, -0.2) is 0 Å². The zero-order valence-corrected chi connectivity index (χ0v) is 11.8. The third-order valence-corrected chi connectivity index (χ3v) is 3.12. The van der Waals surface area contributed by atoms with Gasteiger partial charge in [0.1, 0.15) is 6.54 Å². The van der Waals surface area contributed by atoms with Gasteiger partial charge < -0.3 is 14.9 Å². The van der Waals surface area contributed by atoms with E-state index in [0.29, 0.717) is 24.1 Å². The number of thioether (sulfide) groups is 1. The van der Waals surface area contributed by atoms with Crippen LogP contribution in [0, 0.1) is 0 Å². The Morgan fingerprint density at radius 1 is 1.24 bits per heavy atom. The molecule has 0 bridgehead atoms. The van der Waals surface area contributed by atoms with Crippen molar-refractivity contribution in [1.82, 2.24) is 9.80 Å². The van der Waals surface area contributed by atoms with E-state index >= 15 is 0 Å². The maximum atomic E-state index is 11.8. The molecule has 0 rings (SSSR count). The van der Waals surface area contributed by atoms with Gasteiger partial charge in [-0.15, -0.1) is 11.8 Å². The quantitative estimate of drug-likeness (QED) is 0.694. The predicted molar refractivity (Wildman–Crippen MR) is 70.4 cm³/mol. The number of likely N-dealkylation sites (N-methyl/N-ethyl adjacent to an activating group) is 1. The molecule has 17 heavy (non-hydrogen) atoms. The number of rotatable bonds is 8. The zero-order valence-electron chi connectivity index (χ0n) is 11.0. The van der Waals surface area contributed by atoms with E-state index in [0.717, 1.165) is 0 Å². The van der Waals surface area contributed by atoms with Crippen LogP contribution in [0.2, 0.25) is 0 Å². The highest BCUT2D eigenvalue weighted by Crippen LogP contribution is 2.10. The average molecular weight is 262 g/mol. The van der Waals surface area contributed by atoms with Gasteiger partial charge in [0, 0.05) is 13.1 Å². The molecule has 0 spiro atoms. The Bertz CT molecular complexity index is 257. The van der Waals surface area contributed by atoms with Crippen LogP contribution < -0.4 is 0 Å². The Hall–Kier alpha value is -0.750. The van der Waals surface area contributed by atoms with E-state index in [9.17, 15) is 9.59 Å². The summed E-state index contributed by atoms with van der Waals surface area (Å²) in [5.41, 5.74) is 0. The monoisotopic (exact) mass is 262 g/mol. The van der Waals surface area contributed by atoms with E-state index in [2.05, 4.69) is 0 Å². The van der Waals surface area contributed by atoms with Crippen molar-refractivity contribution >= 4 is 23.6 Å². The smallest absolute Gasteiger partial charge is 0.323 e. The normalized spacial score (nSPS) is 10.9. The summed E-state index contributed by atoms with van der Waals surface area (Å²) in [6.07, 6.45) is 0. The van der Waals surface area contributed by atoms with Gasteiger partial charge in [-0.3, -0.25) is 9.59 Å². The molecule has 1 N–H and O–H groups in total. The van der Waals surface area contributed by atoms with Gasteiger partial charge in [0.25, 0.3) is 0 Å². The van der Waals surface area contributed by atoms with Gasteiger partial charge in [0.05, 0.1) is 5.75 Å². The molecule has 100 valence electrons. The van der Waals surface area contributed by atoms with Crippen molar-refractivity contribution in [2.75, 3.05) is 39.5 Å². The molecule has 0 aromatic carbocycles. The average Bonchev–Trinajstić information content (AvgIpc) is 2.19. The topological polar surface area (TPSA) is 60.9 Å². The Labute approximate surface area is 107 Å². The lowest BCUT2D eigenvalue weighted by atomic mass is 10.4. The fourth-order valence-electron chi connectivity index (χ4n) is 1.11. The second-order valence-electron chi connectivity index (χ2n) is 4.37. The molecule has 0 atom stereocenters. The van der Waals surface area contributed by atoms with Crippen LogP contribution in [0.4, 0.5) is 0 Å². The van der Waals surface area contributed by atoms with Crippen LogP contribution in [0.15, 0.2) is 0 Å². The van der Waals surface area contributed by atoms with E-state index in [1.165, 1.54) is 16.7 Å². The molecular formula is C11H22N2O3S. The molecule has 0 saturated heterocycles. The number of carbonyl (C=O) groups excluding carboxylic acids is 1. The number of carboxylic acid groups (broad SMARTS) is 1. The standard InChI is InChI=1S/C11H22N2O3S/c1-9(2)17-8-10(14)13(7-11(15)16)6-5-12(3)4/h9H,5-8H2,1-4H3,(H,15,16).